The lowest BCUT2D eigenvalue weighted by atomic mass is 9.91. The number of hydrogen-bond acceptors (Lipinski definition) is 2. The molecule has 16 heavy (non-hydrogen) atoms. The molecular weight excluding hydrogens is 282 g/mol. The normalized spacial score (nSPS) is 20.7. The van der Waals surface area contributed by atoms with Gasteiger partial charge in [0.15, 0.2) is 0 Å². The van der Waals surface area contributed by atoms with Crippen molar-refractivity contribution < 1.29 is 0 Å². The Labute approximate surface area is 111 Å². The average molecular weight is 302 g/mol. The molecule has 1 aliphatic carbocycles. The number of hydrogen-bond donors (Lipinski definition) is 1. The van der Waals surface area contributed by atoms with Gasteiger partial charge >= 0.3 is 0 Å². The van der Waals surface area contributed by atoms with Crippen LogP contribution in [0.3, 0.4) is 0 Å². The second-order valence-electron chi connectivity index (χ2n) is 4.85. The Bertz CT molecular complexity index is 340. The van der Waals surface area contributed by atoms with Gasteiger partial charge in [0.2, 0.25) is 0 Å². The van der Waals surface area contributed by atoms with Crippen molar-refractivity contribution in [1.29, 1.82) is 0 Å². The fourth-order valence-corrected chi connectivity index (χ4v) is 4.62. The fraction of sp³-hybridized carbons (Fsp3) is 0.692. The van der Waals surface area contributed by atoms with Crippen LogP contribution in [0.15, 0.2) is 10.5 Å². The molecule has 0 aliphatic heterocycles. The monoisotopic (exact) mass is 301 g/mol. The van der Waals surface area contributed by atoms with Crippen molar-refractivity contribution in [3.8, 4) is 0 Å². The first-order chi connectivity index (χ1) is 7.68. The third kappa shape index (κ3) is 2.88. The van der Waals surface area contributed by atoms with Crippen LogP contribution < -0.4 is 5.73 Å². The van der Waals surface area contributed by atoms with Crippen molar-refractivity contribution >= 4 is 27.3 Å². The summed E-state index contributed by atoms with van der Waals surface area (Å²) in [6.45, 7) is 2.15. The zero-order chi connectivity index (χ0) is 11.5. The van der Waals surface area contributed by atoms with Crippen molar-refractivity contribution in [2.75, 3.05) is 0 Å². The van der Waals surface area contributed by atoms with Gasteiger partial charge in [0.25, 0.3) is 0 Å². The van der Waals surface area contributed by atoms with E-state index in [2.05, 4.69) is 28.9 Å². The predicted molar refractivity (Wildman–Crippen MR) is 74.9 cm³/mol. The standard InChI is InChI=1S/C13H20BrNS/c1-9-8-11(14)13(16-9)12(15)10-6-4-2-3-5-7-10/h8,10,12H,2-7,15H2,1H3. The first kappa shape index (κ1) is 12.6. The van der Waals surface area contributed by atoms with Crippen LogP contribution in [0, 0.1) is 12.8 Å². The molecule has 90 valence electrons. The average Bonchev–Trinajstić information content (AvgIpc) is 2.49. The summed E-state index contributed by atoms with van der Waals surface area (Å²) in [6.07, 6.45) is 8.14. The molecule has 1 aromatic rings. The first-order valence-electron chi connectivity index (χ1n) is 6.20. The fourth-order valence-electron chi connectivity index (χ4n) is 2.61. The highest BCUT2D eigenvalue weighted by Crippen LogP contribution is 2.38. The molecule has 2 rings (SSSR count). The van der Waals surface area contributed by atoms with E-state index in [4.69, 9.17) is 5.73 Å². The molecule has 1 unspecified atom stereocenters. The molecule has 1 aliphatic rings. The van der Waals surface area contributed by atoms with Crippen LogP contribution in [0.4, 0.5) is 0 Å². The van der Waals surface area contributed by atoms with Crippen LogP contribution >= 0.6 is 27.3 Å². The van der Waals surface area contributed by atoms with Crippen molar-refractivity contribution in [2.24, 2.45) is 11.7 Å². The lowest BCUT2D eigenvalue weighted by molar-refractivity contribution is 0.385. The van der Waals surface area contributed by atoms with E-state index in [0.717, 1.165) is 0 Å². The molecule has 0 spiro atoms. The van der Waals surface area contributed by atoms with E-state index in [1.54, 1.807) is 0 Å². The van der Waals surface area contributed by atoms with Crippen LogP contribution in [0.25, 0.3) is 0 Å². The number of nitrogens with two attached hydrogens (primary N) is 1. The smallest absolute Gasteiger partial charge is 0.0429 e. The van der Waals surface area contributed by atoms with Gasteiger partial charge in [-0.25, -0.2) is 0 Å². The minimum Gasteiger partial charge on any atom is -0.323 e. The second kappa shape index (κ2) is 5.65. The summed E-state index contributed by atoms with van der Waals surface area (Å²) >= 11 is 5.49. The Hall–Kier alpha value is 0.140. The van der Waals surface area contributed by atoms with Crippen LogP contribution in [0.2, 0.25) is 0 Å². The zero-order valence-electron chi connectivity index (χ0n) is 9.84. The van der Waals surface area contributed by atoms with Gasteiger partial charge in [0, 0.05) is 20.3 Å². The molecular formula is C13H20BrNS. The minimum atomic E-state index is 0.242. The third-order valence-corrected chi connectivity index (χ3v) is 5.62. The maximum atomic E-state index is 6.43. The van der Waals surface area contributed by atoms with E-state index in [0.29, 0.717) is 5.92 Å². The summed E-state index contributed by atoms with van der Waals surface area (Å²) in [7, 11) is 0. The lowest BCUT2D eigenvalue weighted by Gasteiger charge is -2.21. The molecule has 1 fully saturated rings. The van der Waals surface area contributed by atoms with Gasteiger partial charge in [-0.3, -0.25) is 0 Å². The van der Waals surface area contributed by atoms with Gasteiger partial charge in [-0.05, 0) is 47.7 Å². The largest absolute Gasteiger partial charge is 0.323 e. The molecule has 1 heterocycles. The Morgan fingerprint density at radius 2 is 1.94 bits per heavy atom. The molecule has 0 aromatic carbocycles. The van der Waals surface area contributed by atoms with E-state index in [1.807, 2.05) is 11.3 Å². The maximum absolute atomic E-state index is 6.43. The summed E-state index contributed by atoms with van der Waals surface area (Å²) < 4.78 is 1.21. The molecule has 1 atom stereocenters. The molecule has 1 aromatic heterocycles. The summed E-state index contributed by atoms with van der Waals surface area (Å²) in [5, 5.41) is 0. The van der Waals surface area contributed by atoms with Gasteiger partial charge in [-0.15, -0.1) is 11.3 Å². The molecule has 1 saturated carbocycles. The zero-order valence-corrected chi connectivity index (χ0v) is 12.2. The maximum Gasteiger partial charge on any atom is 0.0429 e. The molecule has 3 heteroatoms. The quantitative estimate of drug-likeness (QED) is 0.781. The van der Waals surface area contributed by atoms with E-state index in [9.17, 15) is 0 Å². The number of thiophene rings is 1. The van der Waals surface area contributed by atoms with Crippen LogP contribution in [-0.4, -0.2) is 0 Å². The molecule has 0 saturated heterocycles. The first-order valence-corrected chi connectivity index (χ1v) is 7.81. The van der Waals surface area contributed by atoms with Gasteiger partial charge in [-0.1, -0.05) is 25.7 Å². The van der Waals surface area contributed by atoms with Gasteiger partial charge in [0.05, 0.1) is 0 Å². The van der Waals surface area contributed by atoms with Crippen LogP contribution in [0.5, 0.6) is 0 Å². The van der Waals surface area contributed by atoms with E-state index in [-0.39, 0.29) is 6.04 Å². The molecule has 0 radical (unpaired) electrons. The van der Waals surface area contributed by atoms with Gasteiger partial charge in [0.1, 0.15) is 0 Å². The number of rotatable bonds is 2. The Kier molecular flexibility index (Phi) is 4.45. The van der Waals surface area contributed by atoms with Crippen molar-refractivity contribution in [3.63, 3.8) is 0 Å². The van der Waals surface area contributed by atoms with Gasteiger partial charge in [-0.2, -0.15) is 0 Å². The second-order valence-corrected chi connectivity index (χ2v) is 6.99. The van der Waals surface area contributed by atoms with Crippen LogP contribution in [0.1, 0.15) is 54.3 Å². The highest BCUT2D eigenvalue weighted by Gasteiger charge is 2.23. The molecule has 0 bridgehead atoms. The van der Waals surface area contributed by atoms with Crippen molar-refractivity contribution in [2.45, 2.75) is 51.5 Å². The highest BCUT2D eigenvalue weighted by atomic mass is 79.9. The molecule has 0 amide bonds. The summed E-state index contributed by atoms with van der Waals surface area (Å²) in [6, 6.07) is 2.43. The molecule has 2 N–H and O–H groups in total. The SMILES string of the molecule is Cc1cc(Br)c(C(N)C2CCCCCC2)s1. The summed E-state index contributed by atoms with van der Waals surface area (Å²) in [4.78, 5) is 2.70. The summed E-state index contributed by atoms with van der Waals surface area (Å²) in [5.74, 6) is 0.692. The van der Waals surface area contributed by atoms with Crippen LogP contribution in [-0.2, 0) is 0 Å². The van der Waals surface area contributed by atoms with Crippen molar-refractivity contribution in [3.05, 3.63) is 20.3 Å². The van der Waals surface area contributed by atoms with Gasteiger partial charge < -0.3 is 5.73 Å². The third-order valence-electron chi connectivity index (χ3n) is 3.55. The Balaban J connectivity index is 2.10. The number of halogens is 1. The lowest BCUT2D eigenvalue weighted by Crippen LogP contribution is -2.20. The predicted octanol–water partition coefficient (Wildman–Crippen LogP) is 4.79. The number of aryl methyl sites for hydroxylation is 1. The summed E-state index contributed by atoms with van der Waals surface area (Å²) in [5.41, 5.74) is 6.43. The Morgan fingerprint density at radius 1 is 1.31 bits per heavy atom. The van der Waals surface area contributed by atoms with E-state index < -0.39 is 0 Å². The topological polar surface area (TPSA) is 26.0 Å². The Morgan fingerprint density at radius 3 is 2.44 bits per heavy atom. The van der Waals surface area contributed by atoms with E-state index >= 15 is 0 Å². The van der Waals surface area contributed by atoms with E-state index in [1.165, 1.54) is 52.8 Å². The molecule has 1 nitrogen and oxygen atoms in total. The minimum absolute atomic E-state index is 0.242. The highest BCUT2D eigenvalue weighted by molar-refractivity contribution is 9.10. The van der Waals surface area contributed by atoms with Crippen molar-refractivity contribution in [1.82, 2.24) is 0 Å².